The van der Waals surface area contributed by atoms with Crippen molar-refractivity contribution in [3.63, 3.8) is 0 Å². The Morgan fingerprint density at radius 3 is 2.50 bits per heavy atom. The van der Waals surface area contributed by atoms with E-state index < -0.39 is 5.97 Å². The first-order valence-corrected chi connectivity index (χ1v) is 7.23. The van der Waals surface area contributed by atoms with Gasteiger partial charge in [0.15, 0.2) is 5.78 Å². The quantitative estimate of drug-likeness (QED) is 0.854. The fourth-order valence-electron chi connectivity index (χ4n) is 2.70. The number of aryl methyl sites for hydroxylation is 2. The molecule has 0 radical (unpaired) electrons. The first kappa shape index (κ1) is 14.3. The Morgan fingerprint density at radius 1 is 1.09 bits per heavy atom. The van der Waals surface area contributed by atoms with Gasteiger partial charge in [-0.2, -0.15) is 0 Å². The zero-order valence-corrected chi connectivity index (χ0v) is 12.3. The Kier molecular flexibility index (Phi) is 3.63. The molecule has 110 valence electrons. The topological polar surface area (TPSA) is 54.4 Å². The SMILES string of the molecule is Cc1ccc(/C=C2\CCc3ccc(C(=O)O)cc3C2=O)cc1. The number of Topliss-reactive ketones (excluding diaryl/α,β-unsaturated/α-hetero) is 1. The average molecular weight is 292 g/mol. The molecular formula is C19H16O3. The van der Waals surface area contributed by atoms with Crippen molar-refractivity contribution in [2.75, 3.05) is 0 Å². The molecule has 0 saturated heterocycles. The highest BCUT2D eigenvalue weighted by atomic mass is 16.4. The minimum absolute atomic E-state index is 0.0649. The predicted molar refractivity (Wildman–Crippen MR) is 85.2 cm³/mol. The molecule has 2 aromatic carbocycles. The zero-order chi connectivity index (χ0) is 15.7. The van der Waals surface area contributed by atoms with Crippen LogP contribution in [0, 0.1) is 6.92 Å². The Labute approximate surface area is 128 Å². The van der Waals surface area contributed by atoms with E-state index in [-0.39, 0.29) is 11.3 Å². The van der Waals surface area contributed by atoms with Crippen LogP contribution in [0.5, 0.6) is 0 Å². The van der Waals surface area contributed by atoms with Gasteiger partial charge in [-0.15, -0.1) is 0 Å². The maximum atomic E-state index is 12.6. The highest BCUT2D eigenvalue weighted by molar-refractivity contribution is 6.13. The fraction of sp³-hybridized carbons (Fsp3) is 0.158. The number of allylic oxidation sites excluding steroid dienone is 1. The number of carboxylic acid groups (broad SMARTS) is 1. The zero-order valence-electron chi connectivity index (χ0n) is 12.3. The molecule has 0 amide bonds. The summed E-state index contributed by atoms with van der Waals surface area (Å²) < 4.78 is 0. The molecule has 0 spiro atoms. The molecular weight excluding hydrogens is 276 g/mol. The smallest absolute Gasteiger partial charge is 0.335 e. The number of carboxylic acids is 1. The van der Waals surface area contributed by atoms with E-state index in [1.807, 2.05) is 37.3 Å². The van der Waals surface area contributed by atoms with Gasteiger partial charge < -0.3 is 5.11 Å². The second-order valence-electron chi connectivity index (χ2n) is 5.59. The van der Waals surface area contributed by atoms with Gasteiger partial charge in [0.2, 0.25) is 0 Å². The number of hydrogen-bond acceptors (Lipinski definition) is 2. The summed E-state index contributed by atoms with van der Waals surface area (Å²) in [6.07, 6.45) is 3.35. The summed E-state index contributed by atoms with van der Waals surface area (Å²) in [5, 5.41) is 9.07. The average Bonchev–Trinajstić information content (AvgIpc) is 2.52. The summed E-state index contributed by atoms with van der Waals surface area (Å²) >= 11 is 0. The third-order valence-electron chi connectivity index (χ3n) is 3.98. The number of ketones is 1. The molecule has 22 heavy (non-hydrogen) atoms. The van der Waals surface area contributed by atoms with E-state index in [1.165, 1.54) is 11.6 Å². The van der Waals surface area contributed by atoms with Gasteiger partial charge in [0.25, 0.3) is 0 Å². The Bertz CT molecular complexity index is 783. The van der Waals surface area contributed by atoms with Crippen molar-refractivity contribution >= 4 is 17.8 Å². The molecule has 2 aromatic rings. The lowest BCUT2D eigenvalue weighted by Crippen LogP contribution is -2.15. The van der Waals surface area contributed by atoms with Crippen molar-refractivity contribution < 1.29 is 14.7 Å². The standard InChI is InChI=1S/C19H16O3/c1-12-2-4-13(5-3-12)10-15-8-6-14-7-9-16(19(21)22)11-17(14)18(15)20/h2-5,7,9-11H,6,8H2,1H3,(H,21,22)/b15-10+. The van der Waals surface area contributed by atoms with Crippen molar-refractivity contribution in [3.05, 3.63) is 75.9 Å². The number of hydrogen-bond donors (Lipinski definition) is 1. The number of aromatic carboxylic acids is 1. The summed E-state index contributed by atoms with van der Waals surface area (Å²) in [5.41, 5.74) is 4.50. The van der Waals surface area contributed by atoms with Gasteiger partial charge >= 0.3 is 5.97 Å². The fourth-order valence-corrected chi connectivity index (χ4v) is 2.70. The lowest BCUT2D eigenvalue weighted by molar-refractivity contribution is 0.0697. The van der Waals surface area contributed by atoms with Gasteiger partial charge in [0, 0.05) is 11.1 Å². The summed E-state index contributed by atoms with van der Waals surface area (Å²) in [7, 11) is 0. The largest absolute Gasteiger partial charge is 0.478 e. The van der Waals surface area contributed by atoms with Gasteiger partial charge in [-0.05, 0) is 49.1 Å². The highest BCUT2D eigenvalue weighted by Gasteiger charge is 2.23. The first-order chi connectivity index (χ1) is 10.5. The van der Waals surface area contributed by atoms with Crippen LogP contribution < -0.4 is 0 Å². The Balaban J connectivity index is 1.98. The second kappa shape index (κ2) is 5.60. The lowest BCUT2D eigenvalue weighted by Gasteiger charge is -2.18. The first-order valence-electron chi connectivity index (χ1n) is 7.23. The summed E-state index contributed by atoms with van der Waals surface area (Å²) in [5.74, 6) is -1.07. The van der Waals surface area contributed by atoms with E-state index in [4.69, 9.17) is 5.11 Å². The van der Waals surface area contributed by atoms with Crippen molar-refractivity contribution in [2.45, 2.75) is 19.8 Å². The Morgan fingerprint density at radius 2 is 1.82 bits per heavy atom. The summed E-state index contributed by atoms with van der Waals surface area (Å²) in [6.45, 7) is 2.02. The normalized spacial score (nSPS) is 15.7. The molecule has 0 atom stereocenters. The molecule has 0 aliphatic heterocycles. The molecule has 3 rings (SSSR count). The minimum Gasteiger partial charge on any atom is -0.478 e. The molecule has 1 aliphatic carbocycles. The van der Waals surface area contributed by atoms with Crippen LogP contribution in [0.1, 0.15) is 43.8 Å². The predicted octanol–water partition coefficient (Wildman–Crippen LogP) is 3.91. The van der Waals surface area contributed by atoms with Gasteiger partial charge in [0.05, 0.1) is 5.56 Å². The van der Waals surface area contributed by atoms with Crippen molar-refractivity contribution in [1.29, 1.82) is 0 Å². The monoisotopic (exact) mass is 292 g/mol. The third-order valence-corrected chi connectivity index (χ3v) is 3.98. The third kappa shape index (κ3) is 2.70. The van der Waals surface area contributed by atoms with Crippen molar-refractivity contribution in [1.82, 2.24) is 0 Å². The van der Waals surface area contributed by atoms with Crippen molar-refractivity contribution in [2.24, 2.45) is 0 Å². The molecule has 3 nitrogen and oxygen atoms in total. The minimum atomic E-state index is -1.01. The van der Waals surface area contributed by atoms with E-state index in [0.29, 0.717) is 12.0 Å². The number of benzene rings is 2. The molecule has 1 aliphatic rings. The maximum Gasteiger partial charge on any atom is 0.335 e. The molecule has 0 heterocycles. The van der Waals surface area contributed by atoms with Crippen LogP contribution in [-0.4, -0.2) is 16.9 Å². The van der Waals surface area contributed by atoms with Gasteiger partial charge in [-0.25, -0.2) is 4.79 Å². The number of carbonyl (C=O) groups is 2. The molecule has 0 aromatic heterocycles. The number of fused-ring (bicyclic) bond motifs is 1. The molecule has 0 bridgehead atoms. The number of carbonyl (C=O) groups excluding carboxylic acids is 1. The van der Waals surface area contributed by atoms with E-state index in [2.05, 4.69) is 0 Å². The van der Waals surface area contributed by atoms with Crippen LogP contribution in [0.2, 0.25) is 0 Å². The molecule has 0 unspecified atom stereocenters. The van der Waals surface area contributed by atoms with E-state index in [1.54, 1.807) is 12.1 Å². The second-order valence-corrected chi connectivity index (χ2v) is 5.59. The number of rotatable bonds is 2. The van der Waals surface area contributed by atoms with Crippen molar-refractivity contribution in [3.8, 4) is 0 Å². The van der Waals surface area contributed by atoms with E-state index >= 15 is 0 Å². The Hall–Kier alpha value is -2.68. The molecule has 1 N–H and O–H groups in total. The van der Waals surface area contributed by atoms with Crippen LogP contribution in [0.25, 0.3) is 6.08 Å². The lowest BCUT2D eigenvalue weighted by atomic mass is 9.85. The van der Waals surface area contributed by atoms with Gasteiger partial charge in [-0.1, -0.05) is 35.9 Å². The summed E-state index contributed by atoms with van der Waals surface area (Å²) in [4.78, 5) is 23.7. The summed E-state index contributed by atoms with van der Waals surface area (Å²) in [6, 6.07) is 12.8. The molecule has 3 heteroatoms. The maximum absolute atomic E-state index is 12.6. The van der Waals surface area contributed by atoms with Gasteiger partial charge in [-0.3, -0.25) is 4.79 Å². The van der Waals surface area contributed by atoms with E-state index in [0.717, 1.165) is 23.1 Å². The van der Waals surface area contributed by atoms with Crippen LogP contribution >= 0.6 is 0 Å². The van der Waals surface area contributed by atoms with E-state index in [9.17, 15) is 9.59 Å². The highest BCUT2D eigenvalue weighted by Crippen LogP contribution is 2.27. The molecule has 0 saturated carbocycles. The van der Waals surface area contributed by atoms with Gasteiger partial charge in [0.1, 0.15) is 0 Å². The van der Waals surface area contributed by atoms with Crippen LogP contribution in [0.3, 0.4) is 0 Å². The molecule has 0 fully saturated rings. The van der Waals surface area contributed by atoms with Crippen LogP contribution in [0.15, 0.2) is 48.0 Å². The van der Waals surface area contributed by atoms with Crippen LogP contribution in [0.4, 0.5) is 0 Å². The van der Waals surface area contributed by atoms with Crippen LogP contribution in [-0.2, 0) is 6.42 Å².